The number of nitrogens with zero attached hydrogens (tertiary/aromatic N) is 2. The van der Waals surface area contributed by atoms with E-state index >= 15 is 0 Å². The van der Waals surface area contributed by atoms with E-state index in [0.29, 0.717) is 17.7 Å². The zero-order valence-corrected chi connectivity index (χ0v) is 19.1. The van der Waals surface area contributed by atoms with Crippen LogP contribution in [-0.2, 0) is 11.0 Å². The molecule has 0 aliphatic carbocycles. The zero-order chi connectivity index (χ0) is 26.2. The maximum Gasteiger partial charge on any atom is 0.416 e. The smallest absolute Gasteiger partial charge is 0.399 e. The van der Waals surface area contributed by atoms with Crippen LogP contribution in [0.3, 0.4) is 0 Å². The Balaban J connectivity index is 1.85. The van der Waals surface area contributed by atoms with Crippen molar-refractivity contribution in [1.29, 1.82) is 0 Å². The van der Waals surface area contributed by atoms with Crippen LogP contribution in [0.25, 0.3) is 0 Å². The maximum atomic E-state index is 14.1. The molecule has 1 amide bonds. The summed E-state index contributed by atoms with van der Waals surface area (Å²) < 4.78 is 67.3. The van der Waals surface area contributed by atoms with Crippen LogP contribution < -0.4 is 11.1 Å². The fourth-order valence-corrected chi connectivity index (χ4v) is 3.77. The second-order valence-corrected chi connectivity index (χ2v) is 8.00. The van der Waals surface area contributed by atoms with E-state index in [9.17, 15) is 26.7 Å². The molecule has 6 nitrogen and oxygen atoms in total. The van der Waals surface area contributed by atoms with Gasteiger partial charge in [0.15, 0.2) is 5.84 Å². The number of carbonyl (C=O) groups excluding carboxylic acids is 1. The van der Waals surface area contributed by atoms with E-state index in [1.807, 2.05) is 0 Å². The minimum Gasteiger partial charge on any atom is -0.399 e. The quantitative estimate of drug-likeness (QED) is 0.244. The minimum atomic E-state index is -4.87. The summed E-state index contributed by atoms with van der Waals surface area (Å²) in [6.45, 7) is 1.89. The molecule has 12 heteroatoms. The molecular weight excluding hydrogens is 507 g/mol. The number of nitrogens with one attached hydrogen (secondary N) is 1. The number of oxime groups is 1. The van der Waals surface area contributed by atoms with Crippen molar-refractivity contribution in [2.24, 2.45) is 10.1 Å². The van der Waals surface area contributed by atoms with E-state index in [2.05, 4.69) is 15.5 Å². The summed E-state index contributed by atoms with van der Waals surface area (Å²) in [7, 11) is 0. The van der Waals surface area contributed by atoms with Crippen molar-refractivity contribution in [3.63, 3.8) is 0 Å². The maximum absolute atomic E-state index is 14.1. The summed E-state index contributed by atoms with van der Waals surface area (Å²) in [5.41, 5.74) is 5.01. The highest BCUT2D eigenvalue weighted by molar-refractivity contribution is 6.39. The van der Waals surface area contributed by atoms with Gasteiger partial charge in [-0.15, -0.1) is 0 Å². The van der Waals surface area contributed by atoms with Crippen LogP contribution in [0.15, 0.2) is 58.7 Å². The molecule has 0 bridgehead atoms. The first kappa shape index (κ1) is 25.1. The summed E-state index contributed by atoms with van der Waals surface area (Å²) in [4.78, 5) is 22.4. The van der Waals surface area contributed by atoms with Crippen molar-refractivity contribution in [3.8, 4) is 0 Å². The number of aliphatic imine (C=N–C) groups is 1. The first-order valence-electron chi connectivity index (χ1n) is 10.4. The van der Waals surface area contributed by atoms with Gasteiger partial charge in [0.2, 0.25) is 0 Å². The fraction of sp³-hybridized carbons (Fsp3) is 0.125. The molecular formula is C24H16ClF5N4O2. The number of alkyl halides is 3. The lowest BCUT2D eigenvalue weighted by Gasteiger charge is -2.15. The number of rotatable bonds is 5. The Hall–Kier alpha value is -3.99. The highest BCUT2D eigenvalue weighted by Crippen LogP contribution is 2.36. The van der Waals surface area contributed by atoms with Crippen LogP contribution in [0.4, 0.5) is 33.3 Å². The molecule has 1 aliphatic rings. The van der Waals surface area contributed by atoms with E-state index in [1.165, 1.54) is 18.2 Å². The Morgan fingerprint density at radius 2 is 1.83 bits per heavy atom. The number of amidine groups is 1. The van der Waals surface area contributed by atoms with Gasteiger partial charge in [-0.1, -0.05) is 16.8 Å². The normalized spacial score (nSPS) is 14.0. The standard InChI is InChI=1S/C24H16ClF5N4O2/c1-2-36-34-22-17-9-15(31)10-19(20(17)21(33-22)16-8-13(26)3-4-18(16)25)32-23(35)11-5-12(24(28,29)30)7-14(27)6-11/h3-10H,2,31H2,1H3,(H,32,35)/b34-22+. The lowest BCUT2D eigenvalue weighted by atomic mass is 9.96. The number of benzene rings is 3. The molecule has 0 saturated heterocycles. The van der Waals surface area contributed by atoms with Gasteiger partial charge in [-0.3, -0.25) is 4.79 Å². The molecule has 0 radical (unpaired) electrons. The molecule has 1 aliphatic heterocycles. The van der Waals surface area contributed by atoms with Gasteiger partial charge in [-0.25, -0.2) is 13.8 Å². The second kappa shape index (κ2) is 9.57. The van der Waals surface area contributed by atoms with Crippen LogP contribution in [-0.4, -0.2) is 24.1 Å². The van der Waals surface area contributed by atoms with Gasteiger partial charge in [-0.2, -0.15) is 13.2 Å². The predicted molar refractivity (Wildman–Crippen MR) is 125 cm³/mol. The topological polar surface area (TPSA) is 89.1 Å². The van der Waals surface area contributed by atoms with Gasteiger partial charge >= 0.3 is 6.18 Å². The highest BCUT2D eigenvalue weighted by Gasteiger charge is 2.33. The molecule has 1 heterocycles. The van der Waals surface area contributed by atoms with E-state index in [-0.39, 0.29) is 51.7 Å². The molecule has 0 fully saturated rings. The third kappa shape index (κ3) is 5.01. The Morgan fingerprint density at radius 3 is 2.53 bits per heavy atom. The van der Waals surface area contributed by atoms with Crippen molar-refractivity contribution in [2.45, 2.75) is 13.1 Å². The number of anilines is 2. The number of halogens is 6. The molecule has 3 aromatic rings. The lowest BCUT2D eigenvalue weighted by molar-refractivity contribution is -0.137. The molecule has 3 N–H and O–H groups in total. The van der Waals surface area contributed by atoms with E-state index in [4.69, 9.17) is 22.2 Å². The molecule has 0 saturated carbocycles. The van der Waals surface area contributed by atoms with Crippen LogP contribution in [0.2, 0.25) is 5.02 Å². The second-order valence-electron chi connectivity index (χ2n) is 7.59. The summed E-state index contributed by atoms with van der Waals surface area (Å²) in [5, 5.41) is 6.51. The number of amides is 1. The van der Waals surface area contributed by atoms with Crippen LogP contribution >= 0.6 is 11.6 Å². The van der Waals surface area contributed by atoms with Gasteiger partial charge in [0, 0.05) is 27.9 Å². The predicted octanol–water partition coefficient (Wildman–Crippen LogP) is 6.02. The number of fused-ring (bicyclic) bond motifs is 1. The third-order valence-electron chi connectivity index (χ3n) is 5.06. The first-order chi connectivity index (χ1) is 17.0. The SMILES string of the molecule is CCO/N=C1/N=C(c2cc(F)ccc2Cl)c2c(NC(=O)c3cc(F)cc(C(F)(F)F)c3)cc(N)cc21. The Bertz CT molecular complexity index is 1440. The van der Waals surface area contributed by atoms with Gasteiger partial charge in [0.25, 0.3) is 5.91 Å². The summed E-state index contributed by atoms with van der Waals surface area (Å²) in [6, 6.07) is 7.85. The third-order valence-corrected chi connectivity index (χ3v) is 5.38. The van der Waals surface area contributed by atoms with Crippen LogP contribution in [0.5, 0.6) is 0 Å². The number of nitrogen functional groups attached to an aromatic ring is 1. The van der Waals surface area contributed by atoms with Crippen molar-refractivity contribution in [1.82, 2.24) is 0 Å². The summed E-state index contributed by atoms with van der Waals surface area (Å²) >= 11 is 6.28. The highest BCUT2D eigenvalue weighted by atomic mass is 35.5. The molecule has 0 spiro atoms. The van der Waals surface area contributed by atoms with Crippen molar-refractivity contribution < 1.29 is 31.6 Å². The Kier molecular flexibility index (Phi) is 6.68. The van der Waals surface area contributed by atoms with E-state index in [0.717, 1.165) is 12.1 Å². The average molecular weight is 523 g/mol. The minimum absolute atomic E-state index is 0.00796. The summed E-state index contributed by atoms with van der Waals surface area (Å²) in [6.07, 6.45) is -4.87. The molecule has 0 unspecified atom stereocenters. The average Bonchev–Trinajstić information content (AvgIpc) is 3.16. The van der Waals surface area contributed by atoms with Crippen LogP contribution in [0.1, 0.15) is 39.5 Å². The number of hydrogen-bond donors (Lipinski definition) is 2. The van der Waals surface area contributed by atoms with E-state index in [1.54, 1.807) is 6.92 Å². The van der Waals surface area contributed by atoms with Crippen molar-refractivity contribution in [2.75, 3.05) is 17.7 Å². The molecule has 0 aromatic heterocycles. The van der Waals surface area contributed by atoms with Gasteiger partial charge < -0.3 is 15.9 Å². The molecule has 3 aromatic carbocycles. The Morgan fingerprint density at radius 1 is 1.08 bits per heavy atom. The van der Waals surface area contributed by atoms with Crippen molar-refractivity contribution >= 4 is 40.4 Å². The molecule has 36 heavy (non-hydrogen) atoms. The number of nitrogens with two attached hydrogens (primary N) is 1. The Labute approximate surface area is 206 Å². The molecule has 4 rings (SSSR count). The van der Waals surface area contributed by atoms with Gasteiger partial charge in [0.05, 0.1) is 22.0 Å². The zero-order valence-electron chi connectivity index (χ0n) is 18.4. The van der Waals surface area contributed by atoms with Crippen LogP contribution in [0, 0.1) is 11.6 Å². The molecule has 186 valence electrons. The number of hydrogen-bond acceptors (Lipinski definition) is 4. The van der Waals surface area contributed by atoms with E-state index < -0.39 is 34.8 Å². The monoisotopic (exact) mass is 522 g/mol. The van der Waals surface area contributed by atoms with Gasteiger partial charge in [-0.05, 0) is 55.5 Å². The molecule has 0 atom stereocenters. The first-order valence-corrected chi connectivity index (χ1v) is 10.7. The van der Waals surface area contributed by atoms with Gasteiger partial charge in [0.1, 0.15) is 18.2 Å². The van der Waals surface area contributed by atoms with Crippen molar-refractivity contribution in [3.05, 3.63) is 93.0 Å². The fourth-order valence-electron chi connectivity index (χ4n) is 3.56. The lowest BCUT2D eigenvalue weighted by Crippen LogP contribution is -2.17. The summed E-state index contributed by atoms with van der Waals surface area (Å²) in [5.74, 6) is -2.86. The largest absolute Gasteiger partial charge is 0.416 e. The number of carbonyl (C=O) groups is 1.